The molecule has 2 bridgehead atoms. The quantitative estimate of drug-likeness (QED) is 0.817. The van der Waals surface area contributed by atoms with E-state index in [1.807, 2.05) is 0 Å². The van der Waals surface area contributed by atoms with Crippen LogP contribution in [0.2, 0.25) is 0 Å². The van der Waals surface area contributed by atoms with Crippen LogP contribution in [0.5, 0.6) is 0 Å². The molecule has 0 saturated heterocycles. The van der Waals surface area contributed by atoms with Gasteiger partial charge in [0.15, 0.2) is 5.82 Å². The second kappa shape index (κ2) is 3.67. The van der Waals surface area contributed by atoms with Gasteiger partial charge < -0.3 is 9.63 Å². The van der Waals surface area contributed by atoms with Crippen molar-refractivity contribution < 1.29 is 9.63 Å². The number of aromatic nitrogens is 2. The van der Waals surface area contributed by atoms with Gasteiger partial charge in [0.2, 0.25) is 5.89 Å². The first-order valence-electron chi connectivity index (χ1n) is 6.60. The van der Waals surface area contributed by atoms with Crippen molar-refractivity contribution in [1.82, 2.24) is 10.1 Å². The minimum atomic E-state index is -0.0881. The molecule has 0 radical (unpaired) electrons. The van der Waals surface area contributed by atoms with Crippen LogP contribution in [0, 0.1) is 0 Å². The normalized spacial score (nSPS) is 22.0. The number of aliphatic hydroxyl groups excluding tert-OH is 1. The molecule has 0 aliphatic heterocycles. The Hall–Kier alpha value is -1.16. The smallest absolute Gasteiger partial charge is 0.232 e. The predicted octanol–water partition coefficient (Wildman–Crippen LogP) is 2.48. The zero-order valence-electron chi connectivity index (χ0n) is 11.3. The average Bonchev–Trinajstić information content (AvgIpc) is 2.76. The summed E-state index contributed by atoms with van der Waals surface area (Å²) in [5, 5.41) is 13.4. The molecule has 4 rings (SSSR count). The molecular formula is C14H20N2O2. The van der Waals surface area contributed by atoms with Crippen LogP contribution in [0.3, 0.4) is 0 Å². The van der Waals surface area contributed by atoms with Crippen molar-refractivity contribution in [2.75, 3.05) is 6.61 Å². The maximum absolute atomic E-state index is 9.24. The van der Waals surface area contributed by atoms with Gasteiger partial charge in [0.05, 0.1) is 6.61 Å². The first-order chi connectivity index (χ1) is 8.44. The first-order valence-corrected chi connectivity index (χ1v) is 6.60. The summed E-state index contributed by atoms with van der Waals surface area (Å²) in [5.41, 5.74) is 2.65. The third-order valence-electron chi connectivity index (χ3n) is 4.24. The molecule has 4 heteroatoms. The van der Waals surface area contributed by atoms with Gasteiger partial charge in [-0.25, -0.2) is 0 Å². The zero-order chi connectivity index (χ0) is 13.0. The lowest BCUT2D eigenvalue weighted by molar-refractivity contribution is 0.227. The average molecular weight is 248 g/mol. The Morgan fingerprint density at radius 3 is 2.50 bits per heavy atom. The van der Waals surface area contributed by atoms with Gasteiger partial charge in [-0.1, -0.05) is 31.5 Å². The second-order valence-corrected chi connectivity index (χ2v) is 6.67. The van der Waals surface area contributed by atoms with E-state index in [9.17, 15) is 5.11 Å². The van der Waals surface area contributed by atoms with E-state index >= 15 is 0 Å². The highest BCUT2D eigenvalue weighted by Crippen LogP contribution is 2.55. The highest BCUT2D eigenvalue weighted by Gasteiger charge is 2.49. The number of hydrogen-bond donors (Lipinski definition) is 1. The Bertz CT molecular complexity index is 500. The van der Waals surface area contributed by atoms with Crippen molar-refractivity contribution in [2.24, 2.45) is 0 Å². The number of fused-ring (bicyclic) bond motifs is 2. The van der Waals surface area contributed by atoms with Gasteiger partial charge in [-0.2, -0.15) is 4.98 Å². The summed E-state index contributed by atoms with van der Waals surface area (Å²) in [5.74, 6) is 1.59. The van der Waals surface area contributed by atoms with Crippen molar-refractivity contribution in [1.29, 1.82) is 0 Å². The maximum Gasteiger partial charge on any atom is 0.232 e. The fourth-order valence-corrected chi connectivity index (χ4v) is 2.96. The molecule has 1 heterocycles. The van der Waals surface area contributed by atoms with Crippen molar-refractivity contribution in [3.05, 3.63) is 22.9 Å². The molecule has 1 N–H and O–H groups in total. The van der Waals surface area contributed by atoms with E-state index < -0.39 is 0 Å². The Morgan fingerprint density at radius 1 is 1.33 bits per heavy atom. The molecule has 1 aromatic heterocycles. The van der Waals surface area contributed by atoms with Gasteiger partial charge >= 0.3 is 0 Å². The standard InChI is InChI=1S/C14H20N2O2/c1-13(2,3)12-15-11(16-18-12)14-5-4-9(8-17)10(6-14)7-14/h17H,4-8H2,1-3H3. The number of aliphatic hydroxyl groups is 1. The molecule has 18 heavy (non-hydrogen) atoms. The van der Waals surface area contributed by atoms with E-state index in [0.717, 1.165) is 37.4 Å². The topological polar surface area (TPSA) is 59.2 Å². The van der Waals surface area contributed by atoms with Crippen LogP contribution in [0.4, 0.5) is 0 Å². The number of hydrogen-bond acceptors (Lipinski definition) is 4. The summed E-state index contributed by atoms with van der Waals surface area (Å²) in [6, 6.07) is 0. The fraction of sp³-hybridized carbons (Fsp3) is 0.714. The van der Waals surface area contributed by atoms with E-state index in [-0.39, 0.29) is 17.4 Å². The molecule has 1 fully saturated rings. The van der Waals surface area contributed by atoms with Crippen LogP contribution in [0.25, 0.3) is 0 Å². The van der Waals surface area contributed by atoms with Crippen LogP contribution in [-0.4, -0.2) is 21.9 Å². The molecule has 3 aliphatic rings. The lowest BCUT2D eigenvalue weighted by atomic mass is 9.57. The van der Waals surface area contributed by atoms with Crippen LogP contribution >= 0.6 is 0 Å². The molecule has 0 spiro atoms. The Kier molecular flexibility index (Phi) is 2.43. The molecule has 3 aliphatic carbocycles. The highest BCUT2D eigenvalue weighted by atomic mass is 16.5. The summed E-state index contributed by atoms with van der Waals surface area (Å²) in [7, 11) is 0. The van der Waals surface area contributed by atoms with Gasteiger partial charge in [-0.15, -0.1) is 0 Å². The summed E-state index contributed by atoms with van der Waals surface area (Å²) >= 11 is 0. The third-order valence-corrected chi connectivity index (χ3v) is 4.24. The second-order valence-electron chi connectivity index (χ2n) is 6.67. The Morgan fingerprint density at radius 2 is 2.06 bits per heavy atom. The van der Waals surface area contributed by atoms with Crippen LogP contribution in [0.1, 0.15) is 58.2 Å². The summed E-state index contributed by atoms with van der Waals surface area (Å²) < 4.78 is 5.40. The van der Waals surface area contributed by atoms with E-state index in [1.165, 1.54) is 11.1 Å². The Labute approximate surface area is 107 Å². The molecule has 4 nitrogen and oxygen atoms in total. The molecule has 1 aromatic rings. The minimum Gasteiger partial charge on any atom is -0.392 e. The van der Waals surface area contributed by atoms with Crippen LogP contribution < -0.4 is 0 Å². The number of rotatable bonds is 2. The van der Waals surface area contributed by atoms with Gasteiger partial charge in [0.25, 0.3) is 0 Å². The van der Waals surface area contributed by atoms with Gasteiger partial charge in [-0.3, -0.25) is 0 Å². The van der Waals surface area contributed by atoms with Crippen LogP contribution in [0.15, 0.2) is 15.7 Å². The monoisotopic (exact) mass is 248 g/mol. The van der Waals surface area contributed by atoms with Crippen molar-refractivity contribution in [3.8, 4) is 0 Å². The summed E-state index contributed by atoms with van der Waals surface area (Å²) in [6.45, 7) is 6.46. The molecular weight excluding hydrogens is 228 g/mol. The molecule has 0 aromatic carbocycles. The van der Waals surface area contributed by atoms with E-state index in [0.29, 0.717) is 0 Å². The third kappa shape index (κ3) is 1.62. The predicted molar refractivity (Wildman–Crippen MR) is 67.3 cm³/mol. The van der Waals surface area contributed by atoms with Crippen molar-refractivity contribution >= 4 is 0 Å². The zero-order valence-corrected chi connectivity index (χ0v) is 11.3. The number of nitrogens with zero attached hydrogens (tertiary/aromatic N) is 2. The van der Waals surface area contributed by atoms with Gasteiger partial charge in [-0.05, 0) is 31.3 Å². The fourth-order valence-electron chi connectivity index (χ4n) is 2.96. The minimum absolute atomic E-state index is 0.0881. The molecule has 0 amide bonds. The molecule has 0 atom stereocenters. The van der Waals surface area contributed by atoms with Gasteiger partial charge in [0, 0.05) is 10.8 Å². The molecule has 0 unspecified atom stereocenters. The lowest BCUT2D eigenvalue weighted by Gasteiger charge is -2.47. The Balaban J connectivity index is 1.86. The number of allylic oxidation sites excluding steroid dienone is 1. The van der Waals surface area contributed by atoms with E-state index in [4.69, 9.17) is 4.52 Å². The van der Waals surface area contributed by atoms with Crippen molar-refractivity contribution in [2.45, 2.75) is 57.3 Å². The highest BCUT2D eigenvalue weighted by molar-refractivity contribution is 5.37. The largest absolute Gasteiger partial charge is 0.392 e. The van der Waals surface area contributed by atoms with E-state index in [2.05, 4.69) is 30.9 Å². The van der Waals surface area contributed by atoms with Crippen LogP contribution in [-0.2, 0) is 10.8 Å². The van der Waals surface area contributed by atoms with E-state index in [1.54, 1.807) is 0 Å². The molecule has 1 saturated carbocycles. The van der Waals surface area contributed by atoms with Crippen molar-refractivity contribution in [3.63, 3.8) is 0 Å². The lowest BCUT2D eigenvalue weighted by Crippen LogP contribution is -2.41. The van der Waals surface area contributed by atoms with Gasteiger partial charge in [0.1, 0.15) is 0 Å². The molecule has 98 valence electrons. The SMILES string of the molecule is CC(C)(C)c1nc(C23CCC(CO)=C(C2)C3)no1. The first kappa shape index (κ1) is 11.9. The maximum atomic E-state index is 9.24. The summed E-state index contributed by atoms with van der Waals surface area (Å²) in [4.78, 5) is 4.60. The summed E-state index contributed by atoms with van der Waals surface area (Å²) in [6.07, 6.45) is 4.03.